The molecule has 0 aromatic heterocycles. The van der Waals surface area contributed by atoms with E-state index in [0.29, 0.717) is 12.4 Å². The Bertz CT molecular complexity index is 1280. The van der Waals surface area contributed by atoms with Crippen LogP contribution in [0, 0.1) is 6.92 Å². The van der Waals surface area contributed by atoms with Crippen LogP contribution in [0.5, 0.6) is 28.7 Å². The summed E-state index contributed by atoms with van der Waals surface area (Å²) in [6, 6.07) is 16.0. The van der Waals surface area contributed by atoms with Gasteiger partial charge in [-0.05, 0) is 73.2 Å². The molecule has 40 heavy (non-hydrogen) atoms. The van der Waals surface area contributed by atoms with Crippen LogP contribution in [0.15, 0.2) is 48.5 Å². The highest BCUT2D eigenvalue weighted by Gasteiger charge is 2.09. The molecule has 6 nitrogen and oxygen atoms in total. The molecule has 214 valence electrons. The fourth-order valence-electron chi connectivity index (χ4n) is 4.31. The molecule has 0 aliphatic carbocycles. The van der Waals surface area contributed by atoms with Crippen molar-refractivity contribution in [3.8, 4) is 28.7 Å². The van der Waals surface area contributed by atoms with E-state index in [-0.39, 0.29) is 0 Å². The quantitative estimate of drug-likeness (QED) is 0.134. The zero-order chi connectivity index (χ0) is 28.7. The minimum absolute atomic E-state index is 0.660. The largest absolute Gasteiger partial charge is 0.496 e. The van der Waals surface area contributed by atoms with E-state index < -0.39 is 0 Å². The lowest BCUT2D eigenvalue weighted by Gasteiger charge is -2.12. The molecule has 0 aliphatic rings. The number of aryl methyl sites for hydroxylation is 1. The molecule has 3 aromatic carbocycles. The lowest BCUT2D eigenvalue weighted by atomic mass is 10.0. The highest BCUT2D eigenvalue weighted by Crippen LogP contribution is 2.33. The Hall–Kier alpha value is -3.90. The van der Waals surface area contributed by atoms with Crippen LogP contribution in [0.25, 0.3) is 24.3 Å². The third-order valence-electron chi connectivity index (χ3n) is 6.61. The number of rotatable bonds is 16. The summed E-state index contributed by atoms with van der Waals surface area (Å²) < 4.78 is 33.5. The van der Waals surface area contributed by atoms with Crippen molar-refractivity contribution < 1.29 is 28.4 Å². The van der Waals surface area contributed by atoms with Crippen molar-refractivity contribution in [3.05, 3.63) is 76.3 Å². The summed E-state index contributed by atoms with van der Waals surface area (Å²) in [5, 5.41) is 0. The number of ether oxygens (including phenoxy) is 6. The maximum Gasteiger partial charge on any atom is 0.161 e. The van der Waals surface area contributed by atoms with Gasteiger partial charge in [0, 0.05) is 24.8 Å². The van der Waals surface area contributed by atoms with Crippen LogP contribution in [0.1, 0.15) is 53.5 Å². The van der Waals surface area contributed by atoms with Crippen LogP contribution in [-0.4, -0.2) is 48.8 Å². The van der Waals surface area contributed by atoms with Gasteiger partial charge in [-0.2, -0.15) is 0 Å². The molecule has 0 radical (unpaired) electrons. The molecule has 0 unspecified atom stereocenters. The van der Waals surface area contributed by atoms with Crippen molar-refractivity contribution in [1.29, 1.82) is 0 Å². The van der Waals surface area contributed by atoms with Gasteiger partial charge in [0.15, 0.2) is 11.5 Å². The molecule has 0 bridgehead atoms. The predicted molar refractivity (Wildman–Crippen MR) is 164 cm³/mol. The van der Waals surface area contributed by atoms with Gasteiger partial charge >= 0.3 is 0 Å². The summed E-state index contributed by atoms with van der Waals surface area (Å²) in [5.74, 6) is 3.81. The van der Waals surface area contributed by atoms with Crippen molar-refractivity contribution in [2.45, 2.75) is 32.6 Å². The van der Waals surface area contributed by atoms with Gasteiger partial charge in [-0.1, -0.05) is 48.9 Å². The maximum absolute atomic E-state index is 5.98. The monoisotopic (exact) mass is 546 g/mol. The van der Waals surface area contributed by atoms with Crippen LogP contribution >= 0.6 is 0 Å². The summed E-state index contributed by atoms with van der Waals surface area (Å²) in [5.41, 5.74) is 4.94. The van der Waals surface area contributed by atoms with Crippen LogP contribution in [0.2, 0.25) is 0 Å². The van der Waals surface area contributed by atoms with Crippen LogP contribution < -0.4 is 23.7 Å². The number of unbranched alkanes of at least 4 members (excludes halogenated alkanes) is 3. The van der Waals surface area contributed by atoms with E-state index in [0.717, 1.165) is 83.1 Å². The SMILES string of the molecule is COCCCCCCOc1ccc(/C=C/c2cc(OC)c(/C=C/c3ccc(C)c(OC)c3)cc2OC)cc1OC. The molecule has 0 saturated carbocycles. The molecule has 6 heteroatoms. The third-order valence-corrected chi connectivity index (χ3v) is 6.61. The molecule has 3 aromatic rings. The topological polar surface area (TPSA) is 55.4 Å². The van der Waals surface area contributed by atoms with Crippen LogP contribution in [-0.2, 0) is 4.74 Å². The van der Waals surface area contributed by atoms with E-state index in [1.807, 2.05) is 73.7 Å². The lowest BCUT2D eigenvalue weighted by Crippen LogP contribution is -2.00. The first-order chi connectivity index (χ1) is 19.5. The normalized spacial score (nSPS) is 11.2. The summed E-state index contributed by atoms with van der Waals surface area (Å²) >= 11 is 0. The Morgan fingerprint density at radius 3 is 1.57 bits per heavy atom. The minimum atomic E-state index is 0.660. The van der Waals surface area contributed by atoms with Gasteiger partial charge < -0.3 is 28.4 Å². The van der Waals surface area contributed by atoms with Crippen LogP contribution in [0.4, 0.5) is 0 Å². The van der Waals surface area contributed by atoms with Crippen molar-refractivity contribution >= 4 is 24.3 Å². The summed E-state index contributed by atoms with van der Waals surface area (Å²) in [6.07, 6.45) is 12.4. The van der Waals surface area contributed by atoms with Crippen molar-refractivity contribution in [1.82, 2.24) is 0 Å². The Morgan fingerprint density at radius 1 is 0.500 bits per heavy atom. The van der Waals surface area contributed by atoms with Gasteiger partial charge in [0.25, 0.3) is 0 Å². The number of hydrogen-bond acceptors (Lipinski definition) is 6. The van der Waals surface area contributed by atoms with Gasteiger partial charge in [-0.25, -0.2) is 0 Å². The fraction of sp³-hybridized carbons (Fsp3) is 0.353. The summed E-state index contributed by atoms with van der Waals surface area (Å²) in [7, 11) is 8.42. The Balaban J connectivity index is 1.73. The second kappa shape index (κ2) is 16.3. The second-order valence-corrected chi connectivity index (χ2v) is 9.40. The number of benzene rings is 3. The number of hydrogen-bond donors (Lipinski definition) is 0. The fourth-order valence-corrected chi connectivity index (χ4v) is 4.31. The van der Waals surface area contributed by atoms with Crippen molar-refractivity contribution in [3.63, 3.8) is 0 Å². The Morgan fingerprint density at radius 2 is 1.02 bits per heavy atom. The highest BCUT2D eigenvalue weighted by atomic mass is 16.5. The van der Waals surface area contributed by atoms with Gasteiger partial charge in [0.2, 0.25) is 0 Å². The third kappa shape index (κ3) is 8.82. The molecule has 0 spiro atoms. The zero-order valence-corrected chi connectivity index (χ0v) is 24.6. The average molecular weight is 547 g/mol. The lowest BCUT2D eigenvalue weighted by molar-refractivity contribution is 0.191. The van der Waals surface area contributed by atoms with Gasteiger partial charge in [0.1, 0.15) is 17.2 Å². The molecule has 0 heterocycles. The Kier molecular flexibility index (Phi) is 12.5. The minimum Gasteiger partial charge on any atom is -0.496 e. The van der Waals surface area contributed by atoms with E-state index in [9.17, 15) is 0 Å². The zero-order valence-electron chi connectivity index (χ0n) is 24.6. The summed E-state index contributed by atoms with van der Waals surface area (Å²) in [6.45, 7) is 3.50. The molecule has 0 saturated heterocycles. The van der Waals surface area contributed by atoms with E-state index in [4.69, 9.17) is 28.4 Å². The molecule has 0 amide bonds. The molecular formula is C34H42O6. The summed E-state index contributed by atoms with van der Waals surface area (Å²) in [4.78, 5) is 0. The maximum atomic E-state index is 5.98. The number of methoxy groups -OCH3 is 5. The van der Waals surface area contributed by atoms with E-state index >= 15 is 0 Å². The first-order valence-corrected chi connectivity index (χ1v) is 13.6. The molecule has 0 N–H and O–H groups in total. The molecule has 0 aliphatic heterocycles. The Labute approximate surface area is 239 Å². The van der Waals surface area contributed by atoms with Crippen molar-refractivity contribution in [2.24, 2.45) is 0 Å². The smallest absolute Gasteiger partial charge is 0.161 e. The van der Waals surface area contributed by atoms with Crippen molar-refractivity contribution in [2.75, 3.05) is 48.8 Å². The van der Waals surface area contributed by atoms with Gasteiger partial charge in [-0.15, -0.1) is 0 Å². The van der Waals surface area contributed by atoms with Gasteiger partial charge in [0.05, 0.1) is 35.0 Å². The highest BCUT2D eigenvalue weighted by molar-refractivity contribution is 5.79. The second-order valence-electron chi connectivity index (χ2n) is 9.40. The van der Waals surface area contributed by atoms with Crippen LogP contribution in [0.3, 0.4) is 0 Å². The molecule has 3 rings (SSSR count). The predicted octanol–water partition coefficient (Wildman–Crippen LogP) is 7.96. The standard InChI is InChI=1S/C34H42O6/c1-25-11-12-26(21-31(25)36-3)13-16-28-23-33(38-5)29(24-32(28)37-4)17-14-27-15-18-30(34(22-27)39-6)40-20-10-8-7-9-19-35-2/h11-18,21-24H,7-10,19-20H2,1-6H3/b16-13+,17-14+. The average Bonchev–Trinajstić information content (AvgIpc) is 2.99. The molecular weight excluding hydrogens is 504 g/mol. The first-order valence-electron chi connectivity index (χ1n) is 13.6. The van der Waals surface area contributed by atoms with E-state index in [1.165, 1.54) is 0 Å². The molecule has 0 atom stereocenters. The first kappa shape index (κ1) is 30.6. The van der Waals surface area contributed by atoms with E-state index in [2.05, 4.69) is 6.07 Å². The van der Waals surface area contributed by atoms with Gasteiger partial charge in [-0.3, -0.25) is 0 Å². The van der Waals surface area contributed by atoms with E-state index in [1.54, 1.807) is 35.5 Å². The molecule has 0 fully saturated rings.